The van der Waals surface area contributed by atoms with E-state index in [1.807, 2.05) is 12.3 Å². The van der Waals surface area contributed by atoms with E-state index < -0.39 is 0 Å². The zero-order valence-electron chi connectivity index (χ0n) is 9.79. The van der Waals surface area contributed by atoms with Crippen LogP contribution in [0.5, 0.6) is 0 Å². The summed E-state index contributed by atoms with van der Waals surface area (Å²) in [4.78, 5) is 8.77. The van der Waals surface area contributed by atoms with Crippen molar-refractivity contribution in [3.05, 3.63) is 23.8 Å². The Morgan fingerprint density at radius 3 is 2.87 bits per heavy atom. The quantitative estimate of drug-likeness (QED) is 0.697. The van der Waals surface area contributed by atoms with Gasteiger partial charge in [0.25, 0.3) is 0 Å². The van der Waals surface area contributed by atoms with Crippen LogP contribution in [0.25, 0.3) is 0 Å². The number of hydrogen-bond donors (Lipinski definition) is 1. The largest absolute Gasteiger partial charge is 0.311 e. The van der Waals surface area contributed by atoms with Gasteiger partial charge in [-0.25, -0.2) is 9.97 Å². The SMILES string of the molecule is CCCCc1nccc(CNCCC)n1. The average Bonchev–Trinajstić information content (AvgIpc) is 2.27. The van der Waals surface area contributed by atoms with E-state index in [1.165, 1.54) is 12.8 Å². The summed E-state index contributed by atoms with van der Waals surface area (Å²) in [6.45, 7) is 6.26. The van der Waals surface area contributed by atoms with Gasteiger partial charge in [0.15, 0.2) is 0 Å². The molecule has 0 saturated heterocycles. The van der Waals surface area contributed by atoms with Crippen LogP contribution in [0, 0.1) is 0 Å². The van der Waals surface area contributed by atoms with E-state index in [-0.39, 0.29) is 0 Å². The van der Waals surface area contributed by atoms with Gasteiger partial charge in [-0.3, -0.25) is 0 Å². The van der Waals surface area contributed by atoms with Crippen molar-refractivity contribution in [3.63, 3.8) is 0 Å². The molecule has 84 valence electrons. The second kappa shape index (κ2) is 7.35. The van der Waals surface area contributed by atoms with Gasteiger partial charge in [-0.05, 0) is 25.5 Å². The van der Waals surface area contributed by atoms with Crippen LogP contribution in [-0.2, 0) is 13.0 Å². The topological polar surface area (TPSA) is 37.8 Å². The molecule has 1 aromatic rings. The predicted molar refractivity (Wildman–Crippen MR) is 62.6 cm³/mol. The first kappa shape index (κ1) is 12.1. The van der Waals surface area contributed by atoms with Crippen LogP contribution >= 0.6 is 0 Å². The normalized spacial score (nSPS) is 10.5. The van der Waals surface area contributed by atoms with E-state index >= 15 is 0 Å². The van der Waals surface area contributed by atoms with Crippen molar-refractivity contribution in [1.82, 2.24) is 15.3 Å². The van der Waals surface area contributed by atoms with Gasteiger partial charge in [0, 0.05) is 19.2 Å². The van der Waals surface area contributed by atoms with Crippen LogP contribution in [0.4, 0.5) is 0 Å². The number of nitrogens with zero attached hydrogens (tertiary/aromatic N) is 2. The lowest BCUT2D eigenvalue weighted by atomic mass is 10.2. The smallest absolute Gasteiger partial charge is 0.128 e. The summed E-state index contributed by atoms with van der Waals surface area (Å²) < 4.78 is 0. The summed E-state index contributed by atoms with van der Waals surface area (Å²) >= 11 is 0. The minimum atomic E-state index is 0.857. The van der Waals surface area contributed by atoms with Crippen molar-refractivity contribution < 1.29 is 0 Å². The molecule has 0 unspecified atom stereocenters. The molecule has 0 bridgehead atoms. The summed E-state index contributed by atoms with van der Waals surface area (Å²) in [5.41, 5.74) is 1.10. The highest BCUT2D eigenvalue weighted by Gasteiger charge is 1.98. The maximum absolute atomic E-state index is 4.51. The lowest BCUT2D eigenvalue weighted by Crippen LogP contribution is -2.15. The van der Waals surface area contributed by atoms with E-state index in [9.17, 15) is 0 Å². The van der Waals surface area contributed by atoms with Gasteiger partial charge < -0.3 is 5.32 Å². The Kier molecular flexibility index (Phi) is 5.93. The van der Waals surface area contributed by atoms with E-state index in [4.69, 9.17) is 0 Å². The predicted octanol–water partition coefficient (Wildman–Crippen LogP) is 2.32. The molecule has 0 radical (unpaired) electrons. The van der Waals surface area contributed by atoms with Gasteiger partial charge in [-0.1, -0.05) is 20.3 Å². The molecule has 3 nitrogen and oxygen atoms in total. The standard InChI is InChI=1S/C12H21N3/c1-3-5-6-12-14-9-7-11(15-12)10-13-8-4-2/h7,9,13H,3-6,8,10H2,1-2H3. The molecule has 3 heteroatoms. The molecule has 0 aliphatic heterocycles. The molecule has 0 spiro atoms. The van der Waals surface area contributed by atoms with Crippen molar-refractivity contribution in [2.45, 2.75) is 46.1 Å². The van der Waals surface area contributed by atoms with Crippen molar-refractivity contribution >= 4 is 0 Å². The van der Waals surface area contributed by atoms with Gasteiger partial charge in [0.05, 0.1) is 5.69 Å². The Morgan fingerprint density at radius 1 is 1.27 bits per heavy atom. The van der Waals surface area contributed by atoms with Crippen molar-refractivity contribution in [2.24, 2.45) is 0 Å². The first-order valence-corrected chi connectivity index (χ1v) is 5.88. The fourth-order valence-corrected chi connectivity index (χ4v) is 1.39. The maximum Gasteiger partial charge on any atom is 0.128 e. The van der Waals surface area contributed by atoms with Crippen molar-refractivity contribution in [1.29, 1.82) is 0 Å². The highest BCUT2D eigenvalue weighted by molar-refractivity contribution is 5.02. The molecular formula is C12H21N3. The second-order valence-corrected chi connectivity index (χ2v) is 3.74. The van der Waals surface area contributed by atoms with Crippen LogP contribution in [0.2, 0.25) is 0 Å². The fourth-order valence-electron chi connectivity index (χ4n) is 1.39. The molecule has 15 heavy (non-hydrogen) atoms. The zero-order valence-corrected chi connectivity index (χ0v) is 9.79. The molecule has 1 N–H and O–H groups in total. The highest BCUT2D eigenvalue weighted by atomic mass is 14.9. The molecule has 0 saturated carbocycles. The van der Waals surface area contributed by atoms with E-state index in [0.717, 1.165) is 37.4 Å². The Hall–Kier alpha value is -0.960. The molecule has 0 aromatic carbocycles. The molecule has 0 aliphatic carbocycles. The number of unbranched alkanes of at least 4 members (excludes halogenated alkanes) is 1. The van der Waals surface area contributed by atoms with Crippen LogP contribution in [-0.4, -0.2) is 16.5 Å². The summed E-state index contributed by atoms with van der Waals surface area (Å²) in [6.07, 6.45) is 6.39. The van der Waals surface area contributed by atoms with Gasteiger partial charge in [0.1, 0.15) is 5.82 Å². The minimum Gasteiger partial charge on any atom is -0.311 e. The maximum atomic E-state index is 4.51. The molecule has 1 aromatic heterocycles. The zero-order chi connectivity index (χ0) is 10.9. The van der Waals surface area contributed by atoms with Gasteiger partial charge in [0.2, 0.25) is 0 Å². The van der Waals surface area contributed by atoms with E-state index in [0.29, 0.717) is 0 Å². The number of rotatable bonds is 7. The van der Waals surface area contributed by atoms with Gasteiger partial charge in [-0.2, -0.15) is 0 Å². The first-order valence-electron chi connectivity index (χ1n) is 5.88. The third-order valence-electron chi connectivity index (χ3n) is 2.25. The average molecular weight is 207 g/mol. The summed E-state index contributed by atoms with van der Waals surface area (Å²) in [6, 6.07) is 1.98. The van der Waals surface area contributed by atoms with E-state index in [1.54, 1.807) is 0 Å². The lowest BCUT2D eigenvalue weighted by Gasteiger charge is -2.04. The van der Waals surface area contributed by atoms with Crippen LogP contribution < -0.4 is 5.32 Å². The third kappa shape index (κ3) is 4.88. The highest BCUT2D eigenvalue weighted by Crippen LogP contribution is 2.00. The summed E-state index contributed by atoms with van der Waals surface area (Å²) in [7, 11) is 0. The number of nitrogens with one attached hydrogen (secondary N) is 1. The molecule has 0 fully saturated rings. The number of aromatic nitrogens is 2. The first-order chi connectivity index (χ1) is 7.36. The number of hydrogen-bond acceptors (Lipinski definition) is 3. The Bertz CT molecular complexity index is 273. The third-order valence-corrected chi connectivity index (χ3v) is 2.25. The van der Waals surface area contributed by atoms with E-state index in [2.05, 4.69) is 29.1 Å². The van der Waals surface area contributed by atoms with Crippen LogP contribution in [0.15, 0.2) is 12.3 Å². The minimum absolute atomic E-state index is 0.857. The van der Waals surface area contributed by atoms with Crippen LogP contribution in [0.3, 0.4) is 0 Å². The molecule has 0 amide bonds. The molecule has 1 heterocycles. The van der Waals surface area contributed by atoms with Crippen molar-refractivity contribution in [2.75, 3.05) is 6.54 Å². The molecule has 0 aliphatic rings. The van der Waals surface area contributed by atoms with Crippen molar-refractivity contribution in [3.8, 4) is 0 Å². The molecule has 1 rings (SSSR count). The number of aryl methyl sites for hydroxylation is 1. The van der Waals surface area contributed by atoms with Gasteiger partial charge in [-0.15, -0.1) is 0 Å². The lowest BCUT2D eigenvalue weighted by molar-refractivity contribution is 0.654. The monoisotopic (exact) mass is 207 g/mol. The molecule has 0 atom stereocenters. The fraction of sp³-hybridized carbons (Fsp3) is 0.667. The molecular weight excluding hydrogens is 186 g/mol. The Morgan fingerprint density at radius 2 is 2.13 bits per heavy atom. The second-order valence-electron chi connectivity index (χ2n) is 3.74. The van der Waals surface area contributed by atoms with Gasteiger partial charge >= 0.3 is 0 Å². The Balaban J connectivity index is 2.42. The van der Waals surface area contributed by atoms with Crippen LogP contribution in [0.1, 0.15) is 44.6 Å². The summed E-state index contributed by atoms with van der Waals surface area (Å²) in [5, 5.41) is 3.34. The summed E-state index contributed by atoms with van der Waals surface area (Å²) in [5.74, 6) is 0.979. The Labute approximate surface area is 92.3 Å².